The number of rotatable bonds is 5. The van der Waals surface area contributed by atoms with Crippen molar-refractivity contribution in [3.8, 4) is 5.69 Å². The zero-order chi connectivity index (χ0) is 20.4. The number of para-hydroxylation sites is 1. The Balaban J connectivity index is 1.41. The van der Waals surface area contributed by atoms with Crippen LogP contribution in [0.15, 0.2) is 45.7 Å². The zero-order valence-electron chi connectivity index (χ0n) is 16.5. The minimum atomic E-state index is -0.143. The van der Waals surface area contributed by atoms with Crippen molar-refractivity contribution in [1.82, 2.24) is 24.4 Å². The molecule has 0 atom stereocenters. The maximum Gasteiger partial charge on any atom is 0.350 e. The number of aryl methyl sites for hydroxylation is 2. The lowest BCUT2D eigenvalue weighted by Crippen LogP contribution is -2.39. The molecule has 0 aliphatic carbocycles. The van der Waals surface area contributed by atoms with Gasteiger partial charge in [-0.05, 0) is 45.0 Å². The third kappa shape index (κ3) is 4.14. The number of nitrogens with one attached hydrogen (secondary N) is 1. The van der Waals surface area contributed by atoms with E-state index in [-0.39, 0.29) is 17.5 Å². The summed E-state index contributed by atoms with van der Waals surface area (Å²) in [5.74, 6) is 1.92. The van der Waals surface area contributed by atoms with E-state index in [2.05, 4.69) is 20.5 Å². The fraction of sp³-hybridized carbons (Fsp3) is 0.400. The van der Waals surface area contributed by atoms with Gasteiger partial charge in [0.05, 0.1) is 12.2 Å². The Bertz CT molecular complexity index is 1040. The molecule has 0 radical (unpaired) electrons. The van der Waals surface area contributed by atoms with Crippen LogP contribution in [0.5, 0.6) is 0 Å². The predicted molar refractivity (Wildman–Crippen MR) is 107 cm³/mol. The molecule has 0 saturated carbocycles. The average Bonchev–Trinajstić information content (AvgIpc) is 3.25. The quantitative estimate of drug-likeness (QED) is 0.705. The van der Waals surface area contributed by atoms with Crippen molar-refractivity contribution in [2.45, 2.75) is 25.7 Å². The predicted octanol–water partition coefficient (Wildman–Crippen LogP) is 1.69. The molecule has 1 aliphatic rings. The monoisotopic (exact) mass is 396 g/mol. The largest absolute Gasteiger partial charge is 0.360 e. The van der Waals surface area contributed by atoms with Crippen LogP contribution in [-0.4, -0.2) is 49.9 Å². The first-order chi connectivity index (χ1) is 14.0. The summed E-state index contributed by atoms with van der Waals surface area (Å²) in [7, 11) is 1.68. The number of aromatic nitrogens is 4. The first-order valence-electron chi connectivity index (χ1n) is 9.68. The molecule has 9 heteroatoms. The molecular weight excluding hydrogens is 372 g/mol. The molecule has 3 heterocycles. The second-order valence-corrected chi connectivity index (χ2v) is 7.36. The topological polar surface area (TPSA) is 98.2 Å². The van der Waals surface area contributed by atoms with E-state index in [0.29, 0.717) is 18.1 Å². The number of hydrogen-bond donors (Lipinski definition) is 1. The molecule has 3 aromatic rings. The fourth-order valence-electron chi connectivity index (χ4n) is 3.73. The van der Waals surface area contributed by atoms with E-state index in [0.717, 1.165) is 37.4 Å². The first-order valence-corrected chi connectivity index (χ1v) is 9.68. The van der Waals surface area contributed by atoms with E-state index in [4.69, 9.17) is 4.52 Å². The summed E-state index contributed by atoms with van der Waals surface area (Å²) in [6, 6.07) is 11.3. The van der Waals surface area contributed by atoms with E-state index >= 15 is 0 Å². The van der Waals surface area contributed by atoms with Crippen LogP contribution in [0.4, 0.5) is 5.82 Å². The Labute approximate surface area is 167 Å². The second kappa shape index (κ2) is 8.04. The summed E-state index contributed by atoms with van der Waals surface area (Å²) in [6.07, 6.45) is 1.67. The van der Waals surface area contributed by atoms with Gasteiger partial charge < -0.3 is 9.84 Å². The van der Waals surface area contributed by atoms with Gasteiger partial charge in [-0.3, -0.25) is 9.69 Å². The molecular formula is C20H24N6O3. The lowest BCUT2D eigenvalue weighted by molar-refractivity contribution is -0.117. The number of benzene rings is 1. The number of hydrogen-bond acceptors (Lipinski definition) is 6. The van der Waals surface area contributed by atoms with E-state index in [1.54, 1.807) is 24.6 Å². The Morgan fingerprint density at radius 3 is 2.62 bits per heavy atom. The number of carbonyl (C=O) groups excluding carboxylic acids is 1. The van der Waals surface area contributed by atoms with E-state index in [1.165, 1.54) is 4.68 Å². The number of carbonyl (C=O) groups is 1. The van der Waals surface area contributed by atoms with Crippen LogP contribution in [-0.2, 0) is 11.8 Å². The lowest BCUT2D eigenvalue weighted by atomic mass is 9.95. The van der Waals surface area contributed by atoms with Gasteiger partial charge in [-0.15, -0.1) is 0 Å². The summed E-state index contributed by atoms with van der Waals surface area (Å²) in [5.41, 5.74) is 0.682. The Hall–Kier alpha value is -3.20. The van der Waals surface area contributed by atoms with Gasteiger partial charge in [0.25, 0.3) is 0 Å². The maximum absolute atomic E-state index is 12.6. The molecule has 152 valence electrons. The van der Waals surface area contributed by atoms with Gasteiger partial charge in [-0.2, -0.15) is 5.10 Å². The van der Waals surface area contributed by atoms with Gasteiger partial charge in [0.1, 0.15) is 11.6 Å². The van der Waals surface area contributed by atoms with Crippen LogP contribution in [0.2, 0.25) is 0 Å². The van der Waals surface area contributed by atoms with Crippen LogP contribution >= 0.6 is 0 Å². The maximum atomic E-state index is 12.6. The van der Waals surface area contributed by atoms with Crippen molar-refractivity contribution in [3.63, 3.8) is 0 Å². The van der Waals surface area contributed by atoms with Gasteiger partial charge >= 0.3 is 5.69 Å². The fourth-order valence-corrected chi connectivity index (χ4v) is 3.73. The van der Waals surface area contributed by atoms with Crippen LogP contribution in [0.25, 0.3) is 5.69 Å². The first kappa shape index (κ1) is 19.1. The van der Waals surface area contributed by atoms with Gasteiger partial charge in [-0.1, -0.05) is 23.4 Å². The number of amides is 1. The van der Waals surface area contributed by atoms with Crippen molar-refractivity contribution in [2.24, 2.45) is 7.05 Å². The third-order valence-electron chi connectivity index (χ3n) is 5.18. The van der Waals surface area contributed by atoms with Gasteiger partial charge in [0.15, 0.2) is 5.82 Å². The molecule has 1 saturated heterocycles. The average molecular weight is 396 g/mol. The minimum absolute atomic E-state index is 0.115. The normalized spacial score (nSPS) is 15.5. The van der Waals surface area contributed by atoms with E-state index in [9.17, 15) is 9.59 Å². The Morgan fingerprint density at radius 1 is 1.24 bits per heavy atom. The van der Waals surface area contributed by atoms with Crippen LogP contribution in [0.3, 0.4) is 0 Å². The summed E-state index contributed by atoms with van der Waals surface area (Å²) in [4.78, 5) is 26.9. The molecule has 29 heavy (non-hydrogen) atoms. The molecule has 9 nitrogen and oxygen atoms in total. The molecule has 4 rings (SSSR count). The lowest BCUT2D eigenvalue weighted by Gasteiger charge is -2.30. The summed E-state index contributed by atoms with van der Waals surface area (Å²) in [5, 5.41) is 11.0. The standard InChI is InChI=1S/C20H24N6O3/c1-14-12-17(23-29-14)21-18(27)13-25-10-8-15(9-11-25)19-22-24(2)20(28)26(19)16-6-4-3-5-7-16/h3-7,12,15H,8-11,13H2,1-2H3,(H,21,23,27). The SMILES string of the molecule is Cc1cc(NC(=O)CN2CCC(c3nn(C)c(=O)n3-c3ccccc3)CC2)no1. The Morgan fingerprint density at radius 2 is 1.97 bits per heavy atom. The summed E-state index contributed by atoms with van der Waals surface area (Å²) >= 11 is 0. The van der Waals surface area contributed by atoms with Gasteiger partial charge in [0, 0.05) is 19.0 Å². The molecule has 0 spiro atoms. The van der Waals surface area contributed by atoms with Crippen LogP contribution in [0, 0.1) is 6.92 Å². The van der Waals surface area contributed by atoms with Crippen molar-refractivity contribution in [3.05, 3.63) is 58.5 Å². The van der Waals surface area contributed by atoms with Crippen molar-refractivity contribution in [1.29, 1.82) is 0 Å². The summed E-state index contributed by atoms with van der Waals surface area (Å²) in [6.45, 7) is 3.59. The molecule has 1 N–H and O–H groups in total. The third-order valence-corrected chi connectivity index (χ3v) is 5.18. The second-order valence-electron chi connectivity index (χ2n) is 7.36. The van der Waals surface area contributed by atoms with Crippen molar-refractivity contribution < 1.29 is 9.32 Å². The molecule has 0 unspecified atom stereocenters. The highest BCUT2D eigenvalue weighted by atomic mass is 16.5. The van der Waals surface area contributed by atoms with Crippen LogP contribution < -0.4 is 11.0 Å². The highest BCUT2D eigenvalue weighted by molar-refractivity contribution is 5.91. The smallest absolute Gasteiger partial charge is 0.350 e. The van der Waals surface area contributed by atoms with E-state index in [1.807, 2.05) is 30.3 Å². The summed E-state index contributed by atoms with van der Waals surface area (Å²) < 4.78 is 8.05. The molecule has 1 aliphatic heterocycles. The number of anilines is 1. The Kier molecular flexibility index (Phi) is 5.30. The van der Waals surface area contributed by atoms with Crippen LogP contribution in [0.1, 0.15) is 30.3 Å². The molecule has 2 aromatic heterocycles. The minimum Gasteiger partial charge on any atom is -0.360 e. The van der Waals surface area contributed by atoms with Gasteiger partial charge in [-0.25, -0.2) is 14.0 Å². The highest BCUT2D eigenvalue weighted by Crippen LogP contribution is 2.27. The number of likely N-dealkylation sites (tertiary alicyclic amines) is 1. The molecule has 1 aromatic carbocycles. The van der Waals surface area contributed by atoms with Crippen molar-refractivity contribution >= 4 is 11.7 Å². The van der Waals surface area contributed by atoms with E-state index < -0.39 is 0 Å². The van der Waals surface area contributed by atoms with Gasteiger partial charge in [0.2, 0.25) is 5.91 Å². The molecule has 1 fully saturated rings. The van der Waals surface area contributed by atoms with Crippen molar-refractivity contribution in [2.75, 3.05) is 25.0 Å². The molecule has 1 amide bonds. The number of nitrogens with zero attached hydrogens (tertiary/aromatic N) is 5. The zero-order valence-corrected chi connectivity index (χ0v) is 16.5. The highest BCUT2D eigenvalue weighted by Gasteiger charge is 2.27. The number of piperidine rings is 1. The molecule has 0 bridgehead atoms.